The van der Waals surface area contributed by atoms with E-state index in [1.54, 1.807) is 18.2 Å². The van der Waals surface area contributed by atoms with Gasteiger partial charge in [0.15, 0.2) is 11.6 Å². The lowest BCUT2D eigenvalue weighted by atomic mass is 9.76. The third kappa shape index (κ3) is 3.36. The summed E-state index contributed by atoms with van der Waals surface area (Å²) in [5.74, 6) is 0.837. The standard InChI is InChI=1S/C25H28F2O/c1-3-5-16-6-8-17(9-7-16)18-10-11-19-20-14-15-23(28-4-2)25(27)22(20)13-12-21(19)24(18)26/h10-17H,3-9H2,1-2H3. The van der Waals surface area contributed by atoms with Gasteiger partial charge in [0.25, 0.3) is 0 Å². The van der Waals surface area contributed by atoms with Crippen molar-refractivity contribution in [2.24, 2.45) is 5.92 Å². The van der Waals surface area contributed by atoms with Crippen molar-refractivity contribution in [3.05, 3.63) is 53.6 Å². The van der Waals surface area contributed by atoms with Crippen LogP contribution in [0.25, 0.3) is 21.5 Å². The van der Waals surface area contributed by atoms with Crippen LogP contribution < -0.4 is 4.74 Å². The zero-order chi connectivity index (χ0) is 19.7. The Balaban J connectivity index is 1.72. The second-order valence-corrected chi connectivity index (χ2v) is 8.04. The van der Waals surface area contributed by atoms with Gasteiger partial charge in [0.05, 0.1) is 6.61 Å². The van der Waals surface area contributed by atoms with Gasteiger partial charge in [-0.1, -0.05) is 44.0 Å². The Morgan fingerprint density at radius 3 is 2.04 bits per heavy atom. The topological polar surface area (TPSA) is 9.23 Å². The van der Waals surface area contributed by atoms with Crippen LogP contribution in [0.2, 0.25) is 0 Å². The molecule has 148 valence electrons. The first-order valence-corrected chi connectivity index (χ1v) is 10.6. The molecule has 0 bridgehead atoms. The van der Waals surface area contributed by atoms with Gasteiger partial charge in [0, 0.05) is 10.8 Å². The molecular formula is C25H28F2O. The Bertz CT molecular complexity index is 987. The first-order chi connectivity index (χ1) is 13.6. The smallest absolute Gasteiger partial charge is 0.172 e. The largest absolute Gasteiger partial charge is 0.491 e. The third-order valence-electron chi connectivity index (χ3n) is 6.34. The summed E-state index contributed by atoms with van der Waals surface area (Å²) in [5.41, 5.74) is 0.827. The SMILES string of the molecule is CCCC1CCC(c2ccc3c(ccc4c(F)c(OCC)ccc43)c2F)CC1. The van der Waals surface area contributed by atoms with Gasteiger partial charge in [-0.25, -0.2) is 8.78 Å². The monoisotopic (exact) mass is 382 g/mol. The van der Waals surface area contributed by atoms with Gasteiger partial charge in [-0.05, 0) is 72.9 Å². The zero-order valence-corrected chi connectivity index (χ0v) is 16.7. The molecule has 1 nitrogen and oxygen atoms in total. The minimum atomic E-state index is -0.375. The second kappa shape index (κ2) is 8.06. The molecule has 0 aliphatic heterocycles. The molecule has 1 aliphatic carbocycles. The quantitative estimate of drug-likeness (QED) is 0.410. The molecule has 3 aromatic carbocycles. The van der Waals surface area contributed by atoms with Crippen molar-refractivity contribution in [2.75, 3.05) is 6.61 Å². The number of rotatable bonds is 5. The summed E-state index contributed by atoms with van der Waals surface area (Å²) in [7, 11) is 0. The first kappa shape index (κ1) is 19.2. The zero-order valence-electron chi connectivity index (χ0n) is 16.7. The van der Waals surface area contributed by atoms with Gasteiger partial charge in [-0.3, -0.25) is 0 Å². The summed E-state index contributed by atoms with van der Waals surface area (Å²) in [6.45, 7) is 4.48. The fourth-order valence-corrected chi connectivity index (χ4v) is 4.90. The van der Waals surface area contributed by atoms with Gasteiger partial charge in [-0.15, -0.1) is 0 Å². The predicted molar refractivity (Wildman–Crippen MR) is 112 cm³/mol. The Labute approximate surface area is 165 Å². The summed E-state index contributed by atoms with van der Waals surface area (Å²) in [5, 5.41) is 2.56. The van der Waals surface area contributed by atoms with E-state index < -0.39 is 0 Å². The molecule has 4 rings (SSSR count). The Morgan fingerprint density at radius 2 is 1.39 bits per heavy atom. The highest BCUT2D eigenvalue weighted by Gasteiger charge is 2.25. The van der Waals surface area contributed by atoms with Gasteiger partial charge in [0.2, 0.25) is 0 Å². The van der Waals surface area contributed by atoms with E-state index >= 15 is 4.39 Å². The van der Waals surface area contributed by atoms with E-state index in [4.69, 9.17) is 4.74 Å². The number of benzene rings is 3. The molecule has 1 saturated carbocycles. The van der Waals surface area contributed by atoms with E-state index in [0.29, 0.717) is 23.3 Å². The van der Waals surface area contributed by atoms with Crippen molar-refractivity contribution < 1.29 is 13.5 Å². The lowest BCUT2D eigenvalue weighted by Gasteiger charge is -2.29. The molecule has 0 aromatic heterocycles. The third-order valence-corrected chi connectivity index (χ3v) is 6.34. The van der Waals surface area contributed by atoms with Crippen LogP contribution in [0.3, 0.4) is 0 Å². The molecule has 0 spiro atoms. The van der Waals surface area contributed by atoms with Crippen molar-refractivity contribution in [1.29, 1.82) is 0 Å². The maximum absolute atomic E-state index is 15.4. The fraction of sp³-hybridized carbons (Fsp3) is 0.440. The summed E-state index contributed by atoms with van der Waals surface area (Å²) in [6.07, 6.45) is 7.03. The number of hydrogen-bond donors (Lipinski definition) is 0. The molecule has 3 aromatic rings. The van der Waals surface area contributed by atoms with Gasteiger partial charge < -0.3 is 4.74 Å². The van der Waals surface area contributed by atoms with Gasteiger partial charge in [0.1, 0.15) is 5.82 Å². The highest BCUT2D eigenvalue weighted by atomic mass is 19.1. The lowest BCUT2D eigenvalue weighted by molar-refractivity contribution is 0.305. The number of hydrogen-bond acceptors (Lipinski definition) is 1. The van der Waals surface area contributed by atoms with Crippen LogP contribution >= 0.6 is 0 Å². The highest BCUT2D eigenvalue weighted by molar-refractivity contribution is 6.08. The summed E-state index contributed by atoms with van der Waals surface area (Å²) >= 11 is 0. The van der Waals surface area contributed by atoms with E-state index in [2.05, 4.69) is 6.92 Å². The van der Waals surface area contributed by atoms with Crippen LogP contribution in [0, 0.1) is 17.6 Å². The van der Waals surface area contributed by atoms with E-state index in [1.807, 2.05) is 25.1 Å². The molecule has 0 radical (unpaired) electrons. The number of ether oxygens (including phenoxy) is 1. The van der Waals surface area contributed by atoms with E-state index in [9.17, 15) is 4.39 Å². The van der Waals surface area contributed by atoms with E-state index in [-0.39, 0.29) is 17.4 Å². The maximum atomic E-state index is 15.4. The van der Waals surface area contributed by atoms with Crippen molar-refractivity contribution in [3.63, 3.8) is 0 Å². The molecule has 28 heavy (non-hydrogen) atoms. The van der Waals surface area contributed by atoms with Crippen LogP contribution in [-0.2, 0) is 0 Å². The molecule has 0 atom stereocenters. The van der Waals surface area contributed by atoms with Crippen molar-refractivity contribution in [2.45, 2.75) is 58.3 Å². The molecule has 3 heteroatoms. The number of fused-ring (bicyclic) bond motifs is 3. The molecule has 1 fully saturated rings. The van der Waals surface area contributed by atoms with E-state index in [0.717, 1.165) is 35.1 Å². The Morgan fingerprint density at radius 1 is 0.786 bits per heavy atom. The second-order valence-electron chi connectivity index (χ2n) is 8.04. The molecule has 0 saturated heterocycles. The summed E-state index contributed by atoms with van der Waals surface area (Å²) < 4.78 is 35.5. The van der Waals surface area contributed by atoms with Crippen LogP contribution in [0.1, 0.15) is 63.9 Å². The number of halogens is 2. The molecule has 0 N–H and O–H groups in total. The fourth-order valence-electron chi connectivity index (χ4n) is 4.90. The molecular weight excluding hydrogens is 354 g/mol. The summed E-state index contributed by atoms with van der Waals surface area (Å²) in [6, 6.07) is 10.8. The minimum Gasteiger partial charge on any atom is -0.491 e. The lowest BCUT2D eigenvalue weighted by Crippen LogP contribution is -2.14. The van der Waals surface area contributed by atoms with Crippen molar-refractivity contribution >= 4 is 21.5 Å². The molecule has 0 unspecified atom stereocenters. The summed E-state index contributed by atoms with van der Waals surface area (Å²) in [4.78, 5) is 0. The van der Waals surface area contributed by atoms with Crippen LogP contribution in [0.15, 0.2) is 36.4 Å². The normalized spacial score (nSPS) is 20.0. The molecule has 0 amide bonds. The Hall–Kier alpha value is -2.16. The minimum absolute atomic E-state index is 0.132. The molecule has 0 heterocycles. The van der Waals surface area contributed by atoms with Crippen molar-refractivity contribution in [3.8, 4) is 5.75 Å². The van der Waals surface area contributed by atoms with Gasteiger partial charge in [-0.2, -0.15) is 0 Å². The van der Waals surface area contributed by atoms with Crippen LogP contribution in [-0.4, -0.2) is 6.61 Å². The molecule has 1 aliphatic rings. The average molecular weight is 382 g/mol. The highest BCUT2D eigenvalue weighted by Crippen LogP contribution is 2.41. The van der Waals surface area contributed by atoms with E-state index in [1.165, 1.54) is 25.7 Å². The van der Waals surface area contributed by atoms with Crippen molar-refractivity contribution in [1.82, 2.24) is 0 Å². The van der Waals surface area contributed by atoms with Crippen LogP contribution in [0.4, 0.5) is 8.78 Å². The van der Waals surface area contributed by atoms with Gasteiger partial charge >= 0.3 is 0 Å². The Kier molecular flexibility index (Phi) is 5.52. The predicted octanol–water partition coefficient (Wildman–Crippen LogP) is 7.74. The maximum Gasteiger partial charge on any atom is 0.172 e. The first-order valence-electron chi connectivity index (χ1n) is 10.6. The van der Waals surface area contributed by atoms with Crippen LogP contribution in [0.5, 0.6) is 5.75 Å². The average Bonchev–Trinajstić information content (AvgIpc) is 2.71.